The first-order chi connectivity index (χ1) is 20.5. The highest BCUT2D eigenvalue weighted by molar-refractivity contribution is 8.07. The second-order valence-corrected chi connectivity index (χ2v) is 14.1. The van der Waals surface area contributed by atoms with Crippen LogP contribution >= 0.6 is 6.72 Å². The third-order valence-electron chi connectivity index (χ3n) is 7.16. The Morgan fingerprint density at radius 3 is 2.65 bits per heavy atom. The quantitative estimate of drug-likeness (QED) is 0.154. The molecule has 1 unspecified atom stereocenters. The molecule has 7 rings (SSSR count). The van der Waals surface area contributed by atoms with Gasteiger partial charge < -0.3 is 34.9 Å². The van der Waals surface area contributed by atoms with E-state index < -0.39 is 59.5 Å². The predicted octanol–water partition coefficient (Wildman–Crippen LogP) is -1.45. The van der Waals surface area contributed by atoms with Gasteiger partial charge in [-0.25, -0.2) is 19.9 Å². The number of hydrogen-bond donors (Lipinski definition) is 5. The summed E-state index contributed by atoms with van der Waals surface area (Å²) in [7, 11) is -4.34. The Bertz CT molecular complexity index is 1930. The zero-order valence-electron chi connectivity index (χ0n) is 21.8. The molecule has 0 aromatic carbocycles. The summed E-state index contributed by atoms with van der Waals surface area (Å²) in [5.74, 6) is 0.0108. The minimum atomic E-state index is -4.34. The molecule has 20 nitrogen and oxygen atoms in total. The van der Waals surface area contributed by atoms with Gasteiger partial charge in [0.1, 0.15) is 36.4 Å². The normalized spacial score (nSPS) is 33.1. The number of fused-ring (bicyclic) bond motifs is 5. The van der Waals surface area contributed by atoms with Crippen LogP contribution in [0.4, 0.5) is 11.8 Å². The van der Waals surface area contributed by atoms with Gasteiger partial charge in [0, 0.05) is 19.4 Å². The molecule has 2 bridgehead atoms. The maximum atomic E-state index is 13.0. The molecule has 7 N–H and O–H groups in total. The number of ether oxygens (including phenoxy) is 2. The van der Waals surface area contributed by atoms with Gasteiger partial charge in [0.15, 0.2) is 28.9 Å². The molecule has 3 aliphatic heterocycles. The fourth-order valence-corrected chi connectivity index (χ4v) is 7.71. The average Bonchev–Trinajstić information content (AvgIpc) is 3.71. The van der Waals surface area contributed by atoms with Gasteiger partial charge in [-0.2, -0.15) is 18.1 Å². The highest BCUT2D eigenvalue weighted by Crippen LogP contribution is 2.50. The van der Waals surface area contributed by atoms with Crippen LogP contribution in [0.3, 0.4) is 0 Å². The van der Waals surface area contributed by atoms with E-state index in [-0.39, 0.29) is 48.9 Å². The number of nitrogens with zero attached hydrogens (tertiary/aromatic N) is 7. The Kier molecular flexibility index (Phi) is 6.96. The van der Waals surface area contributed by atoms with Gasteiger partial charge in [-0.05, 0) is 11.8 Å². The first kappa shape index (κ1) is 28.6. The third kappa shape index (κ3) is 5.39. The van der Waals surface area contributed by atoms with Crippen molar-refractivity contribution in [3.05, 3.63) is 29.3 Å². The SMILES string of the molecule is Nc1nc2c(ncn2[C@H]2O[C@@H]3CNS(=O)(=O)O[C@H]4C[C@H](n5cnc6c(N)ncnc65)O[C@@H]4COP(O)(=S)O[C@@H]2C3)c(=O)[nH]1. The maximum absolute atomic E-state index is 13.0. The molecule has 0 amide bonds. The van der Waals surface area contributed by atoms with Gasteiger partial charge in [-0.1, -0.05) is 0 Å². The van der Waals surface area contributed by atoms with Crippen LogP contribution in [-0.4, -0.2) is 89.9 Å². The molecule has 7 atom stereocenters. The van der Waals surface area contributed by atoms with Crippen molar-refractivity contribution in [2.75, 3.05) is 24.6 Å². The van der Waals surface area contributed by atoms with Gasteiger partial charge in [-0.15, -0.1) is 0 Å². The molecule has 0 radical (unpaired) electrons. The van der Waals surface area contributed by atoms with Crippen LogP contribution in [0.15, 0.2) is 23.8 Å². The van der Waals surface area contributed by atoms with Crippen molar-refractivity contribution < 1.29 is 36.0 Å². The van der Waals surface area contributed by atoms with Crippen LogP contribution in [0.1, 0.15) is 25.3 Å². The number of rotatable bonds is 2. The van der Waals surface area contributed by atoms with Gasteiger partial charge in [0.2, 0.25) is 5.95 Å². The molecule has 43 heavy (non-hydrogen) atoms. The summed E-state index contributed by atoms with van der Waals surface area (Å²) in [6.07, 6.45) is -1.45. The predicted molar refractivity (Wildman–Crippen MR) is 148 cm³/mol. The van der Waals surface area contributed by atoms with Crippen molar-refractivity contribution in [1.82, 2.24) is 43.8 Å². The molecule has 4 aromatic rings. The Morgan fingerprint density at radius 1 is 1.02 bits per heavy atom. The molecular formula is C20H24N11O9PS2. The molecule has 3 saturated heterocycles. The Hall–Kier alpha value is -3.18. The Balaban J connectivity index is 1.17. The summed E-state index contributed by atoms with van der Waals surface area (Å²) < 4.78 is 60.5. The number of anilines is 2. The number of nitrogen functional groups attached to an aromatic ring is 2. The molecule has 7 heterocycles. The third-order valence-corrected chi connectivity index (χ3v) is 9.76. The molecule has 0 saturated carbocycles. The standard InChI is InChI=1S/C20H24N11O9PS2/c21-15-13-16(24-5-23-15)30(6-25-13)12-2-9-11(38-12)4-36-41(33,42)39-10-1-8(3-27-43(34,35)40-9)37-19(10)31-7-26-14-17(31)28-20(22)29-18(14)32/h5-12,19,27H,1-4H2,(H,33,42)(H2,21,23,24)(H3,22,28,29,32)/t8-,9-,10+,11+,12+,19-,41?/m0/s1. The molecule has 4 aromatic heterocycles. The summed E-state index contributed by atoms with van der Waals surface area (Å²) in [6, 6.07) is 0. The van der Waals surface area contributed by atoms with Crippen LogP contribution in [0, 0.1) is 0 Å². The fraction of sp³-hybridized carbons (Fsp3) is 0.500. The zero-order valence-corrected chi connectivity index (χ0v) is 24.3. The minimum absolute atomic E-state index is 0.0120. The van der Waals surface area contributed by atoms with E-state index in [9.17, 15) is 18.1 Å². The molecule has 0 spiro atoms. The van der Waals surface area contributed by atoms with Crippen molar-refractivity contribution in [2.24, 2.45) is 0 Å². The Labute approximate surface area is 246 Å². The van der Waals surface area contributed by atoms with E-state index in [2.05, 4.69) is 34.6 Å². The molecule has 23 heteroatoms. The van der Waals surface area contributed by atoms with E-state index in [4.69, 9.17) is 46.0 Å². The summed E-state index contributed by atoms with van der Waals surface area (Å²) in [6.45, 7) is -4.58. The van der Waals surface area contributed by atoms with E-state index in [1.54, 1.807) is 4.57 Å². The average molecular weight is 658 g/mol. The van der Waals surface area contributed by atoms with Crippen molar-refractivity contribution >= 4 is 62.9 Å². The van der Waals surface area contributed by atoms with Crippen LogP contribution in [0.2, 0.25) is 0 Å². The first-order valence-electron chi connectivity index (χ1n) is 12.8. The first-order valence-corrected chi connectivity index (χ1v) is 16.8. The van der Waals surface area contributed by atoms with E-state index in [1.807, 2.05) is 0 Å². The molecule has 3 aliphatic rings. The molecule has 3 fully saturated rings. The monoisotopic (exact) mass is 657 g/mol. The van der Waals surface area contributed by atoms with Gasteiger partial charge in [0.05, 0.1) is 25.4 Å². The smallest absolute Gasteiger partial charge is 0.336 e. The molecule has 0 aliphatic carbocycles. The molecule has 230 valence electrons. The number of hydrogen-bond acceptors (Lipinski definition) is 16. The van der Waals surface area contributed by atoms with E-state index >= 15 is 0 Å². The van der Waals surface area contributed by atoms with Gasteiger partial charge >= 0.3 is 17.0 Å². The van der Waals surface area contributed by atoms with Crippen molar-refractivity contribution in [3.8, 4) is 0 Å². The maximum Gasteiger partial charge on any atom is 0.336 e. The lowest BCUT2D eigenvalue weighted by Gasteiger charge is -2.26. The van der Waals surface area contributed by atoms with Crippen LogP contribution in [-0.2, 0) is 44.8 Å². The zero-order chi connectivity index (χ0) is 30.1. The fourth-order valence-electron chi connectivity index (χ4n) is 5.28. The van der Waals surface area contributed by atoms with Crippen molar-refractivity contribution in [3.63, 3.8) is 0 Å². The van der Waals surface area contributed by atoms with Crippen LogP contribution in [0.25, 0.3) is 22.3 Å². The number of H-pyrrole nitrogens is 1. The lowest BCUT2D eigenvalue weighted by Crippen LogP contribution is -2.38. The van der Waals surface area contributed by atoms with Gasteiger partial charge in [0.25, 0.3) is 5.56 Å². The van der Waals surface area contributed by atoms with Crippen molar-refractivity contribution in [2.45, 2.75) is 49.7 Å². The van der Waals surface area contributed by atoms with E-state index in [1.165, 1.54) is 23.5 Å². The summed E-state index contributed by atoms with van der Waals surface area (Å²) >= 11 is 5.31. The minimum Gasteiger partial charge on any atom is -0.382 e. The number of imidazole rings is 2. The highest BCUT2D eigenvalue weighted by atomic mass is 32.5. The van der Waals surface area contributed by atoms with Crippen molar-refractivity contribution in [1.29, 1.82) is 0 Å². The number of aromatic amines is 1. The summed E-state index contributed by atoms with van der Waals surface area (Å²) in [5.41, 5.74) is 11.8. The van der Waals surface area contributed by atoms with Gasteiger partial charge in [-0.3, -0.25) is 23.1 Å². The topological polar surface area (TPSA) is 272 Å². The number of aromatic nitrogens is 8. The summed E-state index contributed by atoms with van der Waals surface area (Å²) in [5, 5.41) is 0. The van der Waals surface area contributed by atoms with Crippen LogP contribution < -0.4 is 21.7 Å². The lowest BCUT2D eigenvalue weighted by molar-refractivity contribution is -0.0477. The number of nitrogens with two attached hydrogens (primary N) is 2. The second-order valence-electron chi connectivity index (χ2n) is 9.95. The van der Waals surface area contributed by atoms with E-state index in [0.29, 0.717) is 11.2 Å². The molecular weight excluding hydrogens is 633 g/mol. The second kappa shape index (κ2) is 10.5. The van der Waals surface area contributed by atoms with E-state index in [0.717, 1.165) is 0 Å². The Morgan fingerprint density at radius 2 is 1.81 bits per heavy atom. The highest BCUT2D eigenvalue weighted by Gasteiger charge is 2.45. The lowest BCUT2D eigenvalue weighted by atomic mass is 10.2. The largest absolute Gasteiger partial charge is 0.382 e. The van der Waals surface area contributed by atoms with Crippen LogP contribution in [0.5, 0.6) is 0 Å². The summed E-state index contributed by atoms with van der Waals surface area (Å²) in [4.78, 5) is 46.2. The number of nitrogens with one attached hydrogen (secondary N) is 2.